The summed E-state index contributed by atoms with van der Waals surface area (Å²) < 4.78 is 10.6. The third-order valence-corrected chi connectivity index (χ3v) is 6.19. The van der Waals surface area contributed by atoms with Crippen LogP contribution in [0.3, 0.4) is 0 Å². The molecule has 1 unspecified atom stereocenters. The second-order valence-corrected chi connectivity index (χ2v) is 8.50. The number of urea groups is 1. The first kappa shape index (κ1) is 25.0. The average Bonchev–Trinajstić information content (AvgIpc) is 3.33. The van der Waals surface area contributed by atoms with Crippen molar-refractivity contribution in [2.45, 2.75) is 32.7 Å². The molecule has 0 saturated heterocycles. The van der Waals surface area contributed by atoms with E-state index in [4.69, 9.17) is 9.47 Å². The van der Waals surface area contributed by atoms with E-state index in [1.807, 2.05) is 44.2 Å². The van der Waals surface area contributed by atoms with E-state index in [0.29, 0.717) is 22.3 Å². The number of carbonyl (C=O) groups excluding carboxylic acids is 2. The minimum atomic E-state index is -0.312. The van der Waals surface area contributed by atoms with Gasteiger partial charge in [-0.2, -0.15) is 0 Å². The Bertz CT molecular complexity index is 1110. The van der Waals surface area contributed by atoms with Crippen molar-refractivity contribution in [1.82, 2.24) is 15.1 Å². The fourth-order valence-electron chi connectivity index (χ4n) is 3.21. The molecule has 3 aromatic rings. The normalized spacial score (nSPS) is 11.4. The predicted molar refractivity (Wildman–Crippen MR) is 134 cm³/mol. The summed E-state index contributed by atoms with van der Waals surface area (Å²) in [6.45, 7) is 4.18. The van der Waals surface area contributed by atoms with Crippen LogP contribution in [0, 0.1) is 0 Å². The van der Waals surface area contributed by atoms with E-state index < -0.39 is 0 Å². The molecule has 3 amide bonds. The number of rotatable bonds is 10. The Morgan fingerprint density at radius 1 is 1.06 bits per heavy atom. The van der Waals surface area contributed by atoms with Crippen molar-refractivity contribution >= 4 is 34.1 Å². The van der Waals surface area contributed by atoms with Crippen LogP contribution in [0.25, 0.3) is 10.6 Å². The molecule has 0 aliphatic carbocycles. The van der Waals surface area contributed by atoms with Crippen LogP contribution >= 0.6 is 11.3 Å². The fraction of sp³-hybridized carbons (Fsp3) is 0.333. The van der Waals surface area contributed by atoms with Gasteiger partial charge in [0.05, 0.1) is 19.9 Å². The molecule has 2 aromatic carbocycles. The van der Waals surface area contributed by atoms with E-state index in [0.717, 1.165) is 17.0 Å². The minimum Gasteiger partial charge on any atom is -0.497 e. The second-order valence-electron chi connectivity index (χ2n) is 7.52. The van der Waals surface area contributed by atoms with Gasteiger partial charge in [0.25, 0.3) is 0 Å². The molecular formula is C24H29N5O4S. The first-order valence-electron chi connectivity index (χ1n) is 10.9. The van der Waals surface area contributed by atoms with E-state index in [9.17, 15) is 9.59 Å². The molecule has 0 aliphatic rings. The first-order valence-corrected chi connectivity index (χ1v) is 11.7. The number of ether oxygens (including phenoxy) is 2. The van der Waals surface area contributed by atoms with Crippen molar-refractivity contribution in [2.75, 3.05) is 31.4 Å². The highest BCUT2D eigenvalue weighted by Gasteiger charge is 2.22. The number of hydrogen-bond donors (Lipinski definition) is 2. The molecule has 0 radical (unpaired) electrons. The first-order chi connectivity index (χ1) is 16.4. The third kappa shape index (κ3) is 6.44. The van der Waals surface area contributed by atoms with Crippen LogP contribution in [-0.2, 0) is 4.79 Å². The molecule has 0 fully saturated rings. The van der Waals surface area contributed by atoms with Crippen molar-refractivity contribution in [3.05, 3.63) is 48.5 Å². The van der Waals surface area contributed by atoms with Crippen molar-refractivity contribution < 1.29 is 19.1 Å². The van der Waals surface area contributed by atoms with E-state index in [1.54, 1.807) is 30.2 Å². The molecule has 2 N–H and O–H groups in total. The van der Waals surface area contributed by atoms with Gasteiger partial charge in [-0.3, -0.25) is 4.79 Å². The van der Waals surface area contributed by atoms with Gasteiger partial charge >= 0.3 is 6.03 Å². The van der Waals surface area contributed by atoms with Crippen molar-refractivity contribution in [2.24, 2.45) is 0 Å². The van der Waals surface area contributed by atoms with Gasteiger partial charge in [0.15, 0.2) is 0 Å². The molecule has 0 spiro atoms. The Morgan fingerprint density at radius 3 is 2.50 bits per heavy atom. The van der Waals surface area contributed by atoms with E-state index in [2.05, 4.69) is 20.8 Å². The summed E-state index contributed by atoms with van der Waals surface area (Å²) in [7, 11) is 3.09. The zero-order valence-electron chi connectivity index (χ0n) is 19.7. The van der Waals surface area contributed by atoms with Gasteiger partial charge in [-0.25, -0.2) is 4.79 Å². The van der Waals surface area contributed by atoms with E-state index in [-0.39, 0.29) is 30.9 Å². The maximum Gasteiger partial charge on any atom is 0.322 e. The number of methoxy groups -OCH3 is 2. The second kappa shape index (κ2) is 12.0. The van der Waals surface area contributed by atoms with Crippen molar-refractivity contribution in [3.8, 4) is 22.1 Å². The number of nitrogens with zero attached hydrogens (tertiary/aromatic N) is 3. The maximum absolute atomic E-state index is 13.0. The van der Waals surface area contributed by atoms with Gasteiger partial charge < -0.3 is 25.0 Å². The largest absolute Gasteiger partial charge is 0.497 e. The highest BCUT2D eigenvalue weighted by molar-refractivity contribution is 7.18. The molecule has 0 saturated carbocycles. The molecule has 3 rings (SSSR count). The quantitative estimate of drug-likeness (QED) is 0.426. The van der Waals surface area contributed by atoms with Gasteiger partial charge in [-0.05, 0) is 25.5 Å². The molecule has 34 heavy (non-hydrogen) atoms. The summed E-state index contributed by atoms with van der Waals surface area (Å²) in [5.41, 5.74) is 1.46. The average molecular weight is 484 g/mol. The number of hydrogen-bond acceptors (Lipinski definition) is 7. The lowest BCUT2D eigenvalue weighted by Gasteiger charge is -2.29. The lowest BCUT2D eigenvalue weighted by atomic mass is 10.2. The third-order valence-electron chi connectivity index (χ3n) is 5.31. The summed E-state index contributed by atoms with van der Waals surface area (Å²) in [6, 6.07) is 14.4. The topological polar surface area (TPSA) is 106 Å². The minimum absolute atomic E-state index is 0.0664. The Kier molecular flexibility index (Phi) is 8.80. The molecule has 9 nitrogen and oxygen atoms in total. The van der Waals surface area contributed by atoms with Gasteiger partial charge in [0.1, 0.15) is 16.5 Å². The summed E-state index contributed by atoms with van der Waals surface area (Å²) in [5, 5.41) is 15.0. The number of benzene rings is 2. The zero-order chi connectivity index (χ0) is 24.5. The lowest BCUT2D eigenvalue weighted by Crippen LogP contribution is -2.42. The van der Waals surface area contributed by atoms with E-state index >= 15 is 0 Å². The highest BCUT2D eigenvalue weighted by Crippen LogP contribution is 2.29. The molecule has 180 valence electrons. The Balaban J connectivity index is 1.61. The van der Waals surface area contributed by atoms with Crippen LogP contribution in [0.15, 0.2) is 48.5 Å². The lowest BCUT2D eigenvalue weighted by molar-refractivity contribution is -0.116. The predicted octanol–water partition coefficient (Wildman–Crippen LogP) is 4.88. The smallest absolute Gasteiger partial charge is 0.322 e. The molecular weight excluding hydrogens is 454 g/mol. The van der Waals surface area contributed by atoms with Crippen LogP contribution in [0.1, 0.15) is 26.7 Å². The Hall–Kier alpha value is -3.66. The Morgan fingerprint density at radius 2 is 1.82 bits per heavy atom. The molecule has 0 aliphatic heterocycles. The van der Waals surface area contributed by atoms with Crippen LogP contribution < -0.4 is 20.1 Å². The van der Waals surface area contributed by atoms with Gasteiger partial charge in [0, 0.05) is 30.6 Å². The van der Waals surface area contributed by atoms with Crippen LogP contribution in [0.4, 0.5) is 15.6 Å². The molecule has 1 aromatic heterocycles. The number of carbonyl (C=O) groups is 2. The molecule has 0 bridgehead atoms. The molecule has 10 heteroatoms. The summed E-state index contributed by atoms with van der Waals surface area (Å²) in [6.07, 6.45) is 0.864. The number of nitrogens with one attached hydrogen (secondary N) is 2. The standard InChI is InChI=1S/C24H29N5O4S/c1-5-16(2)29(24(31)25-19-12-11-18(32-3)15-20(19)33-4)14-13-21(30)26-23-28-27-22(34-23)17-9-7-6-8-10-17/h6-12,15-16H,5,13-14H2,1-4H3,(H,25,31)(H,26,28,30). The summed E-state index contributed by atoms with van der Waals surface area (Å²) in [4.78, 5) is 27.2. The maximum atomic E-state index is 13.0. The van der Waals surface area contributed by atoms with Crippen LogP contribution in [0.2, 0.25) is 0 Å². The van der Waals surface area contributed by atoms with Crippen molar-refractivity contribution in [1.29, 1.82) is 0 Å². The van der Waals surface area contributed by atoms with Crippen LogP contribution in [0.5, 0.6) is 11.5 Å². The highest BCUT2D eigenvalue weighted by atomic mass is 32.1. The fourth-order valence-corrected chi connectivity index (χ4v) is 3.97. The van der Waals surface area contributed by atoms with Crippen LogP contribution in [-0.4, -0.2) is 53.8 Å². The Labute approximate surface area is 203 Å². The van der Waals surface area contributed by atoms with Gasteiger partial charge in [0.2, 0.25) is 11.0 Å². The zero-order valence-corrected chi connectivity index (χ0v) is 20.5. The molecule has 1 heterocycles. The SMILES string of the molecule is CCC(C)N(CCC(=O)Nc1nnc(-c2ccccc2)s1)C(=O)Nc1ccc(OC)cc1OC. The van der Waals surface area contributed by atoms with Gasteiger partial charge in [-0.15, -0.1) is 10.2 Å². The van der Waals surface area contributed by atoms with Gasteiger partial charge in [-0.1, -0.05) is 48.6 Å². The van der Waals surface area contributed by atoms with Crippen molar-refractivity contribution in [3.63, 3.8) is 0 Å². The summed E-state index contributed by atoms with van der Waals surface area (Å²) >= 11 is 1.30. The molecule has 1 atom stereocenters. The number of amides is 3. The van der Waals surface area contributed by atoms with E-state index in [1.165, 1.54) is 18.4 Å². The number of aromatic nitrogens is 2. The summed E-state index contributed by atoms with van der Waals surface area (Å²) in [5.74, 6) is 0.872. The number of anilines is 2. The monoisotopic (exact) mass is 483 g/mol.